The van der Waals surface area contributed by atoms with Gasteiger partial charge in [-0.2, -0.15) is 0 Å². The topological polar surface area (TPSA) is 53.5 Å². The normalized spacial score (nSPS) is 10.1. The zero-order valence-electron chi connectivity index (χ0n) is 10.8. The van der Waals surface area contributed by atoms with Crippen LogP contribution in [0.1, 0.15) is 0 Å². The molecule has 0 atom stereocenters. The number of hydrogen-bond acceptors (Lipinski definition) is 5. The van der Waals surface area contributed by atoms with E-state index in [1.165, 1.54) is 13.4 Å². The van der Waals surface area contributed by atoms with Gasteiger partial charge in [0, 0.05) is 11.6 Å². The fourth-order valence-electron chi connectivity index (χ4n) is 1.72. The Morgan fingerprint density at radius 3 is 2.42 bits per heavy atom. The van der Waals surface area contributed by atoms with Gasteiger partial charge >= 0.3 is 0 Å². The highest BCUT2D eigenvalue weighted by Gasteiger charge is 2.16. The summed E-state index contributed by atoms with van der Waals surface area (Å²) in [5.41, 5.74) is 1.33. The third-order valence-electron chi connectivity index (χ3n) is 2.63. The highest BCUT2D eigenvalue weighted by atomic mass is 35.5. The summed E-state index contributed by atoms with van der Waals surface area (Å²) in [6, 6.07) is 5.41. The molecule has 0 amide bonds. The second-order valence-corrected chi connectivity index (χ2v) is 3.97. The molecule has 2 rings (SSSR count). The van der Waals surface area contributed by atoms with E-state index >= 15 is 0 Å². The Labute approximate surface area is 116 Å². The Kier molecular flexibility index (Phi) is 4.06. The first-order valence-electron chi connectivity index (χ1n) is 5.48. The van der Waals surface area contributed by atoms with Crippen molar-refractivity contribution in [2.75, 3.05) is 21.3 Å². The van der Waals surface area contributed by atoms with Crippen molar-refractivity contribution < 1.29 is 14.2 Å². The molecule has 0 aliphatic rings. The van der Waals surface area contributed by atoms with E-state index in [1.54, 1.807) is 20.3 Å². The molecular formula is C13H13ClN2O3. The lowest BCUT2D eigenvalue weighted by Crippen LogP contribution is -1.97. The molecule has 0 unspecified atom stereocenters. The van der Waals surface area contributed by atoms with Crippen molar-refractivity contribution in [3.63, 3.8) is 0 Å². The van der Waals surface area contributed by atoms with Crippen LogP contribution in [0.15, 0.2) is 24.5 Å². The second-order valence-electron chi connectivity index (χ2n) is 3.61. The molecule has 0 bridgehead atoms. The Morgan fingerprint density at radius 1 is 1.00 bits per heavy atom. The summed E-state index contributed by atoms with van der Waals surface area (Å²) < 4.78 is 15.7. The Hall–Kier alpha value is -2.01. The number of aromatic nitrogens is 2. The maximum atomic E-state index is 5.99. The lowest BCUT2D eigenvalue weighted by Gasteiger charge is -2.12. The number of nitrogens with zero attached hydrogens (tertiary/aromatic N) is 2. The lowest BCUT2D eigenvalue weighted by atomic mass is 10.1. The number of rotatable bonds is 4. The summed E-state index contributed by atoms with van der Waals surface area (Å²) in [4.78, 5) is 8.09. The molecule has 1 heterocycles. The van der Waals surface area contributed by atoms with Crippen LogP contribution in [0.3, 0.4) is 0 Å². The maximum absolute atomic E-state index is 5.99. The summed E-state index contributed by atoms with van der Waals surface area (Å²) in [6.45, 7) is 0. The van der Waals surface area contributed by atoms with Crippen molar-refractivity contribution in [1.29, 1.82) is 0 Å². The first-order chi connectivity index (χ1) is 9.21. The SMILES string of the molecule is COc1ccc(-c2ncnc(Cl)c2OC)c(OC)c1. The molecule has 1 aromatic heterocycles. The van der Waals surface area contributed by atoms with Crippen LogP contribution in [-0.2, 0) is 0 Å². The van der Waals surface area contributed by atoms with Gasteiger partial charge in [0.25, 0.3) is 0 Å². The molecule has 0 spiro atoms. The molecule has 19 heavy (non-hydrogen) atoms. The lowest BCUT2D eigenvalue weighted by molar-refractivity contribution is 0.394. The van der Waals surface area contributed by atoms with Crippen molar-refractivity contribution in [2.45, 2.75) is 0 Å². The van der Waals surface area contributed by atoms with E-state index in [1.807, 2.05) is 12.1 Å². The van der Waals surface area contributed by atoms with E-state index in [9.17, 15) is 0 Å². The molecule has 1 aromatic carbocycles. The van der Waals surface area contributed by atoms with Crippen molar-refractivity contribution >= 4 is 11.6 Å². The highest BCUT2D eigenvalue weighted by Crippen LogP contribution is 2.38. The summed E-state index contributed by atoms with van der Waals surface area (Å²) >= 11 is 5.99. The fraction of sp³-hybridized carbons (Fsp3) is 0.231. The first-order valence-corrected chi connectivity index (χ1v) is 5.86. The Morgan fingerprint density at radius 2 is 1.79 bits per heavy atom. The van der Waals surface area contributed by atoms with E-state index in [2.05, 4.69) is 9.97 Å². The number of methoxy groups -OCH3 is 3. The predicted molar refractivity (Wildman–Crippen MR) is 72.1 cm³/mol. The zero-order chi connectivity index (χ0) is 13.8. The molecule has 0 fully saturated rings. The number of halogens is 1. The van der Waals surface area contributed by atoms with Gasteiger partial charge in [0.15, 0.2) is 10.9 Å². The van der Waals surface area contributed by atoms with Crippen molar-refractivity contribution in [3.8, 4) is 28.5 Å². The van der Waals surface area contributed by atoms with Gasteiger partial charge in [0.1, 0.15) is 23.5 Å². The molecule has 0 aliphatic heterocycles. The number of hydrogen-bond donors (Lipinski definition) is 0. The van der Waals surface area contributed by atoms with Gasteiger partial charge in [0.05, 0.1) is 21.3 Å². The summed E-state index contributed by atoms with van der Waals surface area (Å²) in [5.74, 6) is 1.72. The van der Waals surface area contributed by atoms with Crippen LogP contribution in [-0.4, -0.2) is 31.3 Å². The molecule has 0 aliphatic carbocycles. The zero-order valence-corrected chi connectivity index (χ0v) is 11.6. The van der Waals surface area contributed by atoms with Crippen LogP contribution in [0.2, 0.25) is 5.15 Å². The first kappa shape index (κ1) is 13.4. The minimum Gasteiger partial charge on any atom is -0.497 e. The average molecular weight is 281 g/mol. The highest BCUT2D eigenvalue weighted by molar-refractivity contribution is 6.31. The molecule has 0 radical (unpaired) electrons. The summed E-state index contributed by atoms with van der Waals surface area (Å²) in [5, 5.41) is 0.255. The third kappa shape index (κ3) is 2.56. The van der Waals surface area contributed by atoms with E-state index in [4.69, 9.17) is 25.8 Å². The number of ether oxygens (including phenoxy) is 3. The van der Waals surface area contributed by atoms with Gasteiger partial charge in [-0.05, 0) is 12.1 Å². The fourth-order valence-corrected chi connectivity index (χ4v) is 1.93. The number of benzene rings is 1. The minimum atomic E-state index is 0.255. The van der Waals surface area contributed by atoms with Crippen molar-refractivity contribution in [1.82, 2.24) is 9.97 Å². The van der Waals surface area contributed by atoms with Gasteiger partial charge < -0.3 is 14.2 Å². The molecule has 0 N–H and O–H groups in total. The average Bonchev–Trinajstić information content (AvgIpc) is 2.46. The van der Waals surface area contributed by atoms with Crippen LogP contribution in [0.5, 0.6) is 17.2 Å². The minimum absolute atomic E-state index is 0.255. The molecule has 100 valence electrons. The van der Waals surface area contributed by atoms with Gasteiger partial charge in [-0.3, -0.25) is 0 Å². The summed E-state index contributed by atoms with van der Waals surface area (Å²) in [7, 11) is 4.69. The quantitative estimate of drug-likeness (QED) is 0.806. The van der Waals surface area contributed by atoms with Crippen LogP contribution < -0.4 is 14.2 Å². The van der Waals surface area contributed by atoms with Crippen molar-refractivity contribution in [2.24, 2.45) is 0 Å². The molecule has 0 saturated heterocycles. The van der Waals surface area contributed by atoms with Crippen LogP contribution in [0.4, 0.5) is 0 Å². The molecule has 0 saturated carbocycles. The van der Waals surface area contributed by atoms with Gasteiger partial charge in [0.2, 0.25) is 0 Å². The van der Waals surface area contributed by atoms with E-state index < -0.39 is 0 Å². The van der Waals surface area contributed by atoms with E-state index in [-0.39, 0.29) is 5.15 Å². The third-order valence-corrected chi connectivity index (χ3v) is 2.90. The molecule has 6 heteroatoms. The Balaban J connectivity index is 2.61. The van der Waals surface area contributed by atoms with E-state index in [0.29, 0.717) is 22.9 Å². The predicted octanol–water partition coefficient (Wildman–Crippen LogP) is 2.82. The monoisotopic (exact) mass is 280 g/mol. The van der Waals surface area contributed by atoms with Crippen molar-refractivity contribution in [3.05, 3.63) is 29.7 Å². The smallest absolute Gasteiger partial charge is 0.182 e. The maximum Gasteiger partial charge on any atom is 0.182 e. The molecular weight excluding hydrogens is 268 g/mol. The van der Waals surface area contributed by atoms with Crippen LogP contribution >= 0.6 is 11.6 Å². The summed E-state index contributed by atoms with van der Waals surface area (Å²) in [6.07, 6.45) is 1.38. The second kappa shape index (κ2) is 5.75. The standard InChI is InChI=1S/C13H13ClN2O3/c1-17-8-4-5-9(10(6-8)18-2)11-12(19-3)13(14)16-7-15-11/h4-7H,1-3H3. The van der Waals surface area contributed by atoms with Crippen LogP contribution in [0, 0.1) is 0 Å². The van der Waals surface area contributed by atoms with Gasteiger partial charge in [-0.25, -0.2) is 9.97 Å². The largest absolute Gasteiger partial charge is 0.497 e. The Bertz CT molecular complexity index is 590. The van der Waals surface area contributed by atoms with E-state index in [0.717, 1.165) is 5.56 Å². The molecule has 5 nitrogen and oxygen atoms in total. The van der Waals surface area contributed by atoms with Crippen LogP contribution in [0.25, 0.3) is 11.3 Å². The van der Waals surface area contributed by atoms with Gasteiger partial charge in [-0.15, -0.1) is 0 Å². The molecule has 2 aromatic rings. The van der Waals surface area contributed by atoms with Gasteiger partial charge in [-0.1, -0.05) is 11.6 Å².